The van der Waals surface area contributed by atoms with Crippen molar-refractivity contribution in [2.24, 2.45) is 0 Å². The maximum atomic E-state index is 12.6. The molecule has 3 heterocycles. The number of ketones is 1. The second-order valence-electron chi connectivity index (χ2n) is 6.49. The van der Waals surface area contributed by atoms with E-state index in [9.17, 15) is 18.0 Å². The van der Waals surface area contributed by atoms with Gasteiger partial charge in [0, 0.05) is 29.9 Å². The van der Waals surface area contributed by atoms with Gasteiger partial charge in [0.2, 0.25) is 0 Å². The van der Waals surface area contributed by atoms with Crippen LogP contribution in [-0.4, -0.2) is 32.8 Å². The molecular weight excluding hydrogens is 345 g/mol. The van der Waals surface area contributed by atoms with E-state index < -0.39 is 11.9 Å². The van der Waals surface area contributed by atoms with Gasteiger partial charge in [-0.2, -0.15) is 13.2 Å². The number of carbonyl (C=O) groups is 1. The van der Waals surface area contributed by atoms with Gasteiger partial charge in [-0.15, -0.1) is 0 Å². The molecule has 0 saturated carbocycles. The van der Waals surface area contributed by atoms with Crippen LogP contribution in [0.15, 0.2) is 30.7 Å². The van der Waals surface area contributed by atoms with Crippen LogP contribution in [-0.2, 0) is 17.4 Å². The molecule has 2 aromatic rings. The highest BCUT2D eigenvalue weighted by atomic mass is 19.4. The molecule has 0 aromatic carbocycles. The topological polar surface area (TPSA) is 67.8 Å². The molecule has 3 rings (SSSR count). The molecule has 0 aliphatic carbocycles. The zero-order valence-electron chi connectivity index (χ0n) is 14.3. The number of pyridine rings is 1. The molecule has 0 unspecified atom stereocenters. The molecule has 0 amide bonds. The first-order valence-electron chi connectivity index (χ1n) is 8.46. The lowest BCUT2D eigenvalue weighted by atomic mass is 10.0. The minimum atomic E-state index is -4.47. The minimum absolute atomic E-state index is 0.0922. The smallest absolute Gasteiger partial charge is 0.305 e. The predicted molar refractivity (Wildman–Crippen MR) is 89.2 cm³/mol. The highest BCUT2D eigenvalue weighted by Crippen LogP contribution is 2.28. The molecule has 2 aromatic heterocycles. The second-order valence-corrected chi connectivity index (χ2v) is 6.49. The Morgan fingerprint density at radius 3 is 2.65 bits per heavy atom. The number of alkyl halides is 3. The Morgan fingerprint density at radius 1 is 1.23 bits per heavy atom. The predicted octanol–water partition coefficient (Wildman–Crippen LogP) is 3.20. The minimum Gasteiger partial charge on any atom is -0.305 e. The average molecular weight is 364 g/mol. The summed E-state index contributed by atoms with van der Waals surface area (Å²) in [5.74, 6) is 0.158. The van der Waals surface area contributed by atoms with Crippen molar-refractivity contribution in [2.45, 2.75) is 50.9 Å². The van der Waals surface area contributed by atoms with E-state index in [4.69, 9.17) is 0 Å². The summed E-state index contributed by atoms with van der Waals surface area (Å²) < 4.78 is 37.8. The number of aryl methyl sites for hydroxylation is 1. The van der Waals surface area contributed by atoms with Crippen LogP contribution >= 0.6 is 0 Å². The van der Waals surface area contributed by atoms with E-state index >= 15 is 0 Å². The number of halogens is 3. The maximum absolute atomic E-state index is 12.6. The second kappa shape index (κ2) is 7.49. The first-order chi connectivity index (χ1) is 12.3. The van der Waals surface area contributed by atoms with E-state index in [0.29, 0.717) is 35.8 Å². The third-order valence-electron chi connectivity index (χ3n) is 4.46. The third-order valence-corrected chi connectivity index (χ3v) is 4.46. The Kier molecular flexibility index (Phi) is 5.31. The van der Waals surface area contributed by atoms with Gasteiger partial charge in [-0.1, -0.05) is 0 Å². The molecule has 1 aliphatic rings. The van der Waals surface area contributed by atoms with Gasteiger partial charge in [0.1, 0.15) is 17.8 Å². The number of carbonyl (C=O) groups excluding carboxylic acids is 1. The summed E-state index contributed by atoms with van der Waals surface area (Å²) in [5.41, 5.74) is 0.684. The van der Waals surface area contributed by atoms with Crippen molar-refractivity contribution < 1.29 is 18.0 Å². The summed E-state index contributed by atoms with van der Waals surface area (Å²) in [6, 6.07) is 4.21. The van der Waals surface area contributed by atoms with E-state index in [1.807, 2.05) is 0 Å². The molecule has 1 aliphatic heterocycles. The molecule has 1 N–H and O–H groups in total. The lowest BCUT2D eigenvalue weighted by molar-refractivity contribution is -0.141. The van der Waals surface area contributed by atoms with E-state index in [0.717, 1.165) is 25.1 Å². The van der Waals surface area contributed by atoms with Crippen molar-refractivity contribution in [3.05, 3.63) is 42.1 Å². The van der Waals surface area contributed by atoms with Crippen LogP contribution in [0.1, 0.15) is 37.6 Å². The number of rotatable bonds is 5. The number of Topliss-reactive ketones (excluding diaryl/α,β-unsaturated/α-hetero) is 1. The monoisotopic (exact) mass is 364 g/mol. The van der Waals surface area contributed by atoms with Crippen molar-refractivity contribution in [2.75, 3.05) is 0 Å². The summed E-state index contributed by atoms with van der Waals surface area (Å²) >= 11 is 0. The number of nitrogens with one attached hydrogen (secondary N) is 1. The summed E-state index contributed by atoms with van der Waals surface area (Å²) in [4.78, 5) is 23.9. The van der Waals surface area contributed by atoms with Crippen molar-refractivity contribution >= 4 is 5.78 Å². The van der Waals surface area contributed by atoms with Crippen molar-refractivity contribution in [1.29, 1.82) is 0 Å². The zero-order chi connectivity index (χ0) is 18.7. The van der Waals surface area contributed by atoms with Crippen molar-refractivity contribution in [3.8, 4) is 11.3 Å². The normalized spacial score (nSPS) is 20.3. The summed E-state index contributed by atoms with van der Waals surface area (Å²) in [6.45, 7) is 2.06. The summed E-state index contributed by atoms with van der Waals surface area (Å²) in [7, 11) is 0. The summed E-state index contributed by atoms with van der Waals surface area (Å²) in [6.07, 6.45) is 0.705. The quantitative estimate of drug-likeness (QED) is 0.882. The lowest BCUT2D eigenvalue weighted by Crippen LogP contribution is -2.34. The van der Waals surface area contributed by atoms with E-state index in [2.05, 4.69) is 27.2 Å². The van der Waals surface area contributed by atoms with Gasteiger partial charge in [0.15, 0.2) is 0 Å². The van der Waals surface area contributed by atoms with E-state index in [-0.39, 0.29) is 11.8 Å². The molecule has 1 saturated heterocycles. The number of aromatic nitrogens is 3. The van der Waals surface area contributed by atoms with Gasteiger partial charge in [0.25, 0.3) is 0 Å². The molecule has 1 fully saturated rings. The van der Waals surface area contributed by atoms with E-state index in [1.54, 1.807) is 6.07 Å². The van der Waals surface area contributed by atoms with Gasteiger partial charge >= 0.3 is 6.18 Å². The Morgan fingerprint density at radius 2 is 2.04 bits per heavy atom. The summed E-state index contributed by atoms with van der Waals surface area (Å²) in [5, 5.41) is 3.26. The van der Waals surface area contributed by atoms with Crippen LogP contribution in [0.2, 0.25) is 0 Å². The highest BCUT2D eigenvalue weighted by molar-refractivity contribution is 5.84. The average Bonchev–Trinajstić information content (AvgIpc) is 3.06. The fourth-order valence-corrected chi connectivity index (χ4v) is 3.01. The van der Waals surface area contributed by atoms with Crippen LogP contribution in [0.4, 0.5) is 13.2 Å². The number of hydrogen-bond donors (Lipinski definition) is 1. The fourth-order valence-electron chi connectivity index (χ4n) is 3.01. The molecule has 138 valence electrons. The molecule has 0 bridgehead atoms. The lowest BCUT2D eigenvalue weighted by Gasteiger charge is -2.10. The first-order valence-corrected chi connectivity index (χ1v) is 8.46. The van der Waals surface area contributed by atoms with Gasteiger partial charge < -0.3 is 5.32 Å². The van der Waals surface area contributed by atoms with Gasteiger partial charge in [-0.25, -0.2) is 9.97 Å². The van der Waals surface area contributed by atoms with Crippen LogP contribution in [0.5, 0.6) is 0 Å². The Hall–Kier alpha value is -2.35. The molecule has 26 heavy (non-hydrogen) atoms. The van der Waals surface area contributed by atoms with Crippen LogP contribution in [0, 0.1) is 0 Å². The van der Waals surface area contributed by atoms with Crippen LogP contribution in [0.3, 0.4) is 0 Å². The Labute approximate surface area is 149 Å². The maximum Gasteiger partial charge on any atom is 0.433 e. The van der Waals surface area contributed by atoms with Gasteiger partial charge in [-0.3, -0.25) is 9.78 Å². The molecular formula is C18H19F3N4O. The van der Waals surface area contributed by atoms with Crippen molar-refractivity contribution in [3.63, 3.8) is 0 Å². The third kappa shape index (κ3) is 4.43. The van der Waals surface area contributed by atoms with Gasteiger partial charge in [-0.05, 0) is 44.4 Å². The highest BCUT2D eigenvalue weighted by Gasteiger charge is 2.32. The zero-order valence-corrected chi connectivity index (χ0v) is 14.3. The Balaban J connectivity index is 1.65. The SMILES string of the molecule is C[C@@H]1CC[C@@H](C(=O)CCc2cc(-c3ccc(C(F)(F)F)nc3)ncn2)N1. The van der Waals surface area contributed by atoms with Crippen molar-refractivity contribution in [1.82, 2.24) is 20.3 Å². The molecule has 0 spiro atoms. The molecule has 2 atom stereocenters. The van der Waals surface area contributed by atoms with Gasteiger partial charge in [0.05, 0.1) is 11.7 Å². The van der Waals surface area contributed by atoms with Crippen LogP contribution in [0.25, 0.3) is 11.3 Å². The first kappa shape index (κ1) is 18.4. The fraction of sp³-hybridized carbons (Fsp3) is 0.444. The Bertz CT molecular complexity index is 777. The number of hydrogen-bond acceptors (Lipinski definition) is 5. The molecule has 8 heteroatoms. The molecule has 5 nitrogen and oxygen atoms in total. The standard InChI is InChI=1S/C18H19F3N4O/c1-11-2-5-14(25-11)16(26)6-4-13-8-15(24-10-23-13)12-3-7-17(22-9-12)18(19,20)21/h3,7-11,14,25H,2,4-6H2,1H3/t11-,14+/m1/s1. The largest absolute Gasteiger partial charge is 0.433 e. The molecule has 0 radical (unpaired) electrons. The van der Waals surface area contributed by atoms with E-state index in [1.165, 1.54) is 12.4 Å². The number of nitrogens with zero attached hydrogens (tertiary/aromatic N) is 3. The van der Waals surface area contributed by atoms with Crippen LogP contribution < -0.4 is 5.32 Å².